The van der Waals surface area contributed by atoms with Crippen molar-refractivity contribution in [2.75, 3.05) is 56.9 Å². The molecule has 8 aromatic heterocycles. The number of ether oxygens (including phenoxy) is 8. The first-order chi connectivity index (χ1) is 53.8. The summed E-state index contributed by atoms with van der Waals surface area (Å²) in [5.41, 5.74) is -11.6. The van der Waals surface area contributed by atoms with E-state index in [1.807, 2.05) is 0 Å². The summed E-state index contributed by atoms with van der Waals surface area (Å²) in [4.78, 5) is 230. The highest BCUT2D eigenvalue weighted by atomic mass is 16.5. The zero-order valence-electron chi connectivity index (χ0n) is 60.3. The van der Waals surface area contributed by atoms with Gasteiger partial charge in [-0.05, 0) is 97.1 Å². The Bertz CT molecular complexity index is 6230. The van der Waals surface area contributed by atoms with E-state index in [2.05, 4.69) is 0 Å². The molecule has 32 bridgehead atoms. The molecule has 0 fully saturated rings. The molecule has 22 aliphatic rings. The van der Waals surface area contributed by atoms with Crippen molar-refractivity contribution in [3.63, 3.8) is 0 Å². The fourth-order valence-corrected chi connectivity index (χ4v) is 15.9. The van der Waals surface area contributed by atoms with Crippen molar-refractivity contribution in [2.24, 2.45) is 0 Å². The monoisotopic (exact) mass is 1510 g/mol. The van der Waals surface area contributed by atoms with E-state index >= 15 is 0 Å². The van der Waals surface area contributed by atoms with Crippen LogP contribution in [0.25, 0.3) is 86.2 Å². The first kappa shape index (κ1) is 70.3. The minimum Gasteiger partial charge on any atom is -0.496 e. The molecule has 0 spiro atoms. The maximum absolute atomic E-state index is 14.3. The van der Waals surface area contributed by atoms with Crippen molar-refractivity contribution in [3.8, 4) is 46.0 Å². The summed E-state index contributed by atoms with van der Waals surface area (Å²) in [6.07, 6.45) is 0. The summed E-state index contributed by atoms with van der Waals surface area (Å²) >= 11 is 0. The molecule has 32 heteroatoms. The van der Waals surface area contributed by atoms with E-state index in [-0.39, 0.29) is 177 Å². The van der Waals surface area contributed by atoms with Crippen LogP contribution in [0.5, 0.6) is 46.0 Å². The van der Waals surface area contributed by atoms with E-state index in [9.17, 15) is 76.7 Å². The largest absolute Gasteiger partial charge is 0.496 e. The molecule has 8 aromatic carbocycles. The van der Waals surface area contributed by atoms with Crippen molar-refractivity contribution in [1.29, 1.82) is 0 Å². The second kappa shape index (κ2) is 25.5. The van der Waals surface area contributed by atoms with E-state index < -0.39 is 141 Å². The van der Waals surface area contributed by atoms with Gasteiger partial charge in [0.15, 0.2) is 0 Å². The highest BCUT2D eigenvalue weighted by molar-refractivity contribution is 6.01. The lowest BCUT2D eigenvalue weighted by Gasteiger charge is -2.15. The van der Waals surface area contributed by atoms with Crippen LogP contribution in [0.3, 0.4) is 0 Å². The van der Waals surface area contributed by atoms with Crippen molar-refractivity contribution in [3.05, 3.63) is 307 Å². The van der Waals surface area contributed by atoms with Gasteiger partial charge in [0.25, 0.3) is 88.9 Å². The van der Waals surface area contributed by atoms with Crippen LogP contribution in [0.15, 0.2) is 174 Å². The predicted octanol–water partition coefficient (Wildman–Crippen LogP) is 1.36. The van der Waals surface area contributed by atoms with E-state index in [1.165, 1.54) is 105 Å². The van der Waals surface area contributed by atoms with Gasteiger partial charge in [-0.15, -0.1) is 0 Å². The van der Waals surface area contributed by atoms with Crippen LogP contribution < -0.4 is 127 Å². The smallest absolute Gasteiger partial charge is 0.261 e. The molecule has 22 aliphatic heterocycles. The van der Waals surface area contributed by atoms with Crippen molar-refractivity contribution < 1.29 is 37.9 Å². The molecule has 0 atom stereocenters. The van der Waals surface area contributed by atoms with Crippen LogP contribution >= 0.6 is 0 Å². The van der Waals surface area contributed by atoms with E-state index in [1.54, 1.807) is 0 Å². The third-order valence-electron chi connectivity index (χ3n) is 21.6. The zero-order valence-corrected chi connectivity index (χ0v) is 60.3. The predicted molar refractivity (Wildman–Crippen MR) is 411 cm³/mol. The molecule has 0 unspecified atom stereocenters. The summed E-state index contributed by atoms with van der Waals surface area (Å²) in [7, 11) is 10.4. The minimum atomic E-state index is -0.834. The molecule has 0 radical (unpaired) electrons. The van der Waals surface area contributed by atoms with Crippen LogP contribution in [-0.2, 0) is 52.4 Å². The Labute approximate surface area is 620 Å². The molecule has 0 N–H and O–H groups in total. The second-order valence-electron chi connectivity index (χ2n) is 27.2. The van der Waals surface area contributed by atoms with Crippen molar-refractivity contribution >= 4 is 86.2 Å². The van der Waals surface area contributed by atoms with Gasteiger partial charge in [0.2, 0.25) is 0 Å². The lowest BCUT2D eigenvalue weighted by atomic mass is 10.1. The third-order valence-corrected chi connectivity index (χ3v) is 21.6. The van der Waals surface area contributed by atoms with Gasteiger partial charge >= 0.3 is 0 Å². The quantitative estimate of drug-likeness (QED) is 0.207. The Morgan fingerprint density at radius 2 is 0.232 bits per heavy atom. The van der Waals surface area contributed by atoms with E-state index in [4.69, 9.17) is 37.9 Å². The highest BCUT2D eigenvalue weighted by Gasteiger charge is 2.30. The summed E-state index contributed by atoms with van der Waals surface area (Å²) in [5.74, 6) is 0.604. The number of hydrogen-bond donors (Lipinski definition) is 0. The molecular formula is C80H56N8O24. The lowest BCUT2D eigenvalue weighted by molar-refractivity contribution is 0.392. The molecule has 32 nitrogen and oxygen atoms in total. The maximum Gasteiger partial charge on any atom is 0.261 e. The molecule has 112 heavy (non-hydrogen) atoms. The van der Waals surface area contributed by atoms with Gasteiger partial charge < -0.3 is 37.9 Å². The van der Waals surface area contributed by atoms with Gasteiger partial charge in [-0.3, -0.25) is 113 Å². The summed E-state index contributed by atoms with van der Waals surface area (Å²) in [6.45, 7) is -3.55. The molecule has 16 aromatic rings. The average Bonchev–Trinajstić information content (AvgIpc) is 1.59. The highest BCUT2D eigenvalue weighted by Crippen LogP contribution is 2.36. The Balaban J connectivity index is 0.777. The fourth-order valence-electron chi connectivity index (χ4n) is 15.9. The lowest BCUT2D eigenvalue weighted by Crippen LogP contribution is -2.28. The standard InChI is InChI=1S/C80H56N8O24/c1-105-57-9-34-26-82-67(91)43-19-47-48(20-44(43)68(82)92)72(96)84(71(47)95)28-36-12-62(110-6)38(14-61(36)109-5)30-86-75(99)51-23-55-56(24-52(51)76(86)100)80(104)88(79(55)103)32-40-16-63(111-7)39(15-64(40)112-8)31-87-77(101)53-21-49-50(22-54(53)78(87)102)74(98)85(73(49)97)29-37-13-59(107-3)35(11-60(37)108-4)27-83-69(93)45-17-41-42(18-46(45)70(83)94)66(90)81(65(41)89)25-33(57)10-58(34)106-2/h9-24H,25-32H2,1-8H3. The van der Waals surface area contributed by atoms with Gasteiger partial charge in [0.1, 0.15) is 46.0 Å². The Morgan fingerprint density at radius 3 is 0.304 bits per heavy atom. The minimum absolute atomic E-state index is 0.0755. The number of nitrogens with zero attached hydrogens (tertiary/aromatic N) is 8. The number of rotatable bonds is 8. The third kappa shape index (κ3) is 10.1. The Kier molecular flexibility index (Phi) is 16.0. The molecule has 30 heterocycles. The molecule has 0 saturated heterocycles. The number of benzene rings is 8. The topological polar surface area (TPSA) is 386 Å². The fraction of sp³-hybridized carbons (Fsp3) is 0.200. The molecule has 0 amide bonds. The number of aromatic nitrogens is 8. The number of methoxy groups -OCH3 is 8. The zero-order chi connectivity index (χ0) is 79.0. The summed E-state index contributed by atoms with van der Waals surface area (Å²) < 4.78 is 52.9. The van der Waals surface area contributed by atoms with Gasteiger partial charge in [0.05, 0.1) is 195 Å². The van der Waals surface area contributed by atoms with Crippen LogP contribution in [0.2, 0.25) is 0 Å². The SMILES string of the molecule is COc1cc2c(OC)cc1Cn1c(=O)c3cc4c(=O)n(c(=O)c4cc3c1=O)Cc1cc(OC)c(cc1OC)Cn1c(=O)c3cc4c(=O)n(c(=O)c4cc3c1=O)Cc1cc(OC)c(cc1OC)Cn1c(=O)c3cc4c(=O)n(c(=O)c4cc3c1=O)Cc1cc(OC)c(cc1OC)Cn1c(=O)c3cc4c(=O)n(c(=O)c4cc3c1=O)C2. The molecule has 38 rings (SSSR count). The van der Waals surface area contributed by atoms with Crippen LogP contribution in [0.1, 0.15) is 44.5 Å². The summed E-state index contributed by atoms with van der Waals surface area (Å²) in [5, 5.41) is -3.09. The van der Waals surface area contributed by atoms with Gasteiger partial charge in [-0.1, -0.05) is 0 Å². The van der Waals surface area contributed by atoms with Crippen molar-refractivity contribution in [2.45, 2.75) is 52.4 Å². The van der Waals surface area contributed by atoms with Crippen LogP contribution in [0, 0.1) is 0 Å². The van der Waals surface area contributed by atoms with Crippen LogP contribution in [-0.4, -0.2) is 93.4 Å². The van der Waals surface area contributed by atoms with E-state index in [0.29, 0.717) is 0 Å². The molecular weight excluding hydrogens is 1460 g/mol. The van der Waals surface area contributed by atoms with Gasteiger partial charge in [-0.25, -0.2) is 0 Å². The number of hydrogen-bond acceptors (Lipinski definition) is 24. The Hall–Kier alpha value is -14.7. The average molecular weight is 1510 g/mol. The Morgan fingerprint density at radius 1 is 0.152 bits per heavy atom. The first-order valence-electron chi connectivity index (χ1n) is 34.3. The van der Waals surface area contributed by atoms with Gasteiger partial charge in [0, 0.05) is 44.5 Å². The molecule has 0 saturated carbocycles. The first-order valence-corrected chi connectivity index (χ1v) is 34.3. The normalized spacial score (nSPS) is 12.9. The summed E-state index contributed by atoms with van der Waals surface area (Å²) in [6, 6.07) is 20.8. The maximum atomic E-state index is 14.3. The second-order valence-corrected chi connectivity index (χ2v) is 27.2. The molecule has 560 valence electrons. The molecule has 0 aliphatic carbocycles. The van der Waals surface area contributed by atoms with E-state index in [0.717, 1.165) is 85.1 Å². The van der Waals surface area contributed by atoms with Crippen LogP contribution in [0.4, 0.5) is 0 Å². The van der Waals surface area contributed by atoms with Gasteiger partial charge in [-0.2, -0.15) is 0 Å². The van der Waals surface area contributed by atoms with Crippen molar-refractivity contribution in [1.82, 2.24) is 36.5 Å².